The standard InChI is InChI=1S/C17H21N3O/c1-13(20-9-11-21-12-10-20)14-5-7-15(8-6-14)16-3-2-4-17(18)19-16/h2-8,13H,9-12H2,1H3,(H2,18,19). The van der Waals surface area contributed by atoms with Gasteiger partial charge in [-0.05, 0) is 24.6 Å². The van der Waals surface area contributed by atoms with E-state index in [-0.39, 0.29) is 0 Å². The predicted octanol–water partition coefficient (Wildman–Crippen LogP) is 2.72. The molecule has 1 unspecified atom stereocenters. The second-order valence-corrected chi connectivity index (χ2v) is 5.39. The summed E-state index contributed by atoms with van der Waals surface area (Å²) in [4.78, 5) is 6.81. The zero-order valence-electron chi connectivity index (χ0n) is 12.3. The number of hydrogen-bond acceptors (Lipinski definition) is 4. The number of morpholine rings is 1. The molecule has 0 spiro atoms. The van der Waals surface area contributed by atoms with E-state index in [0.29, 0.717) is 11.9 Å². The molecule has 4 nitrogen and oxygen atoms in total. The van der Waals surface area contributed by atoms with E-state index < -0.39 is 0 Å². The van der Waals surface area contributed by atoms with Gasteiger partial charge < -0.3 is 10.5 Å². The third kappa shape index (κ3) is 3.23. The van der Waals surface area contributed by atoms with Crippen molar-refractivity contribution in [3.05, 3.63) is 48.0 Å². The number of nitrogens with two attached hydrogens (primary N) is 1. The minimum Gasteiger partial charge on any atom is -0.384 e. The van der Waals surface area contributed by atoms with Crippen LogP contribution >= 0.6 is 0 Å². The van der Waals surface area contributed by atoms with E-state index in [4.69, 9.17) is 10.5 Å². The molecule has 0 bridgehead atoms. The molecule has 0 saturated carbocycles. The molecule has 1 aromatic carbocycles. The Hall–Kier alpha value is -1.91. The van der Waals surface area contributed by atoms with E-state index >= 15 is 0 Å². The molecule has 1 aliphatic heterocycles. The van der Waals surface area contributed by atoms with Crippen LogP contribution in [0.4, 0.5) is 5.82 Å². The van der Waals surface area contributed by atoms with Gasteiger partial charge in [0, 0.05) is 24.7 Å². The maximum atomic E-state index is 5.74. The third-order valence-corrected chi connectivity index (χ3v) is 4.05. The van der Waals surface area contributed by atoms with Crippen LogP contribution in [0.15, 0.2) is 42.5 Å². The normalized spacial score (nSPS) is 17.6. The molecule has 3 rings (SSSR count). The Bertz CT molecular complexity index is 591. The molecule has 1 atom stereocenters. The molecule has 21 heavy (non-hydrogen) atoms. The summed E-state index contributed by atoms with van der Waals surface area (Å²) in [6.07, 6.45) is 0. The Balaban J connectivity index is 1.77. The highest BCUT2D eigenvalue weighted by atomic mass is 16.5. The Morgan fingerprint density at radius 1 is 1.10 bits per heavy atom. The van der Waals surface area contributed by atoms with Gasteiger partial charge in [-0.2, -0.15) is 0 Å². The van der Waals surface area contributed by atoms with Crippen LogP contribution in [0.25, 0.3) is 11.3 Å². The van der Waals surface area contributed by atoms with Gasteiger partial charge in [0.2, 0.25) is 0 Å². The summed E-state index contributed by atoms with van der Waals surface area (Å²) in [5.74, 6) is 0.554. The van der Waals surface area contributed by atoms with Crippen LogP contribution in [0.2, 0.25) is 0 Å². The predicted molar refractivity (Wildman–Crippen MR) is 84.9 cm³/mol. The average molecular weight is 283 g/mol. The summed E-state index contributed by atoms with van der Waals surface area (Å²) in [6.45, 7) is 5.91. The molecule has 110 valence electrons. The van der Waals surface area contributed by atoms with Crippen molar-refractivity contribution in [2.45, 2.75) is 13.0 Å². The highest BCUT2D eigenvalue weighted by Crippen LogP contribution is 2.24. The summed E-state index contributed by atoms with van der Waals surface area (Å²) >= 11 is 0. The van der Waals surface area contributed by atoms with Gasteiger partial charge in [-0.15, -0.1) is 0 Å². The number of ether oxygens (including phenoxy) is 1. The van der Waals surface area contributed by atoms with Crippen molar-refractivity contribution in [3.8, 4) is 11.3 Å². The topological polar surface area (TPSA) is 51.4 Å². The van der Waals surface area contributed by atoms with E-state index in [1.165, 1.54) is 5.56 Å². The summed E-state index contributed by atoms with van der Waals surface area (Å²) in [7, 11) is 0. The Labute approximate surface area is 125 Å². The van der Waals surface area contributed by atoms with Gasteiger partial charge in [0.1, 0.15) is 5.82 Å². The third-order valence-electron chi connectivity index (χ3n) is 4.05. The Kier molecular flexibility index (Phi) is 4.18. The second kappa shape index (κ2) is 6.24. The molecular formula is C17H21N3O. The van der Waals surface area contributed by atoms with Crippen LogP contribution in [-0.4, -0.2) is 36.2 Å². The average Bonchev–Trinajstić information content (AvgIpc) is 2.55. The molecule has 2 aromatic rings. The van der Waals surface area contributed by atoms with Gasteiger partial charge >= 0.3 is 0 Å². The lowest BCUT2D eigenvalue weighted by Crippen LogP contribution is -2.37. The molecule has 0 radical (unpaired) electrons. The van der Waals surface area contributed by atoms with Crippen LogP contribution in [0.3, 0.4) is 0 Å². The lowest BCUT2D eigenvalue weighted by molar-refractivity contribution is 0.0198. The van der Waals surface area contributed by atoms with E-state index in [9.17, 15) is 0 Å². The van der Waals surface area contributed by atoms with E-state index in [2.05, 4.69) is 41.1 Å². The van der Waals surface area contributed by atoms with Crippen LogP contribution in [0, 0.1) is 0 Å². The van der Waals surface area contributed by atoms with Gasteiger partial charge in [-0.3, -0.25) is 4.90 Å². The molecule has 0 amide bonds. The largest absolute Gasteiger partial charge is 0.384 e. The molecule has 1 aliphatic rings. The molecule has 2 heterocycles. The first-order chi connectivity index (χ1) is 10.2. The molecule has 2 N–H and O–H groups in total. The molecule has 4 heteroatoms. The van der Waals surface area contributed by atoms with Crippen molar-refractivity contribution in [1.29, 1.82) is 0 Å². The maximum absolute atomic E-state index is 5.74. The first-order valence-corrected chi connectivity index (χ1v) is 7.39. The fraction of sp³-hybridized carbons (Fsp3) is 0.353. The van der Waals surface area contributed by atoms with Crippen molar-refractivity contribution in [1.82, 2.24) is 9.88 Å². The second-order valence-electron chi connectivity index (χ2n) is 5.39. The number of anilines is 1. The zero-order chi connectivity index (χ0) is 14.7. The quantitative estimate of drug-likeness (QED) is 0.941. The van der Waals surface area contributed by atoms with Crippen LogP contribution in [-0.2, 0) is 4.74 Å². The molecule has 1 aromatic heterocycles. The summed E-state index contributed by atoms with van der Waals surface area (Å²) in [6, 6.07) is 14.7. The van der Waals surface area contributed by atoms with E-state index in [1.807, 2.05) is 12.1 Å². The minimum absolute atomic E-state index is 0.414. The monoisotopic (exact) mass is 283 g/mol. The van der Waals surface area contributed by atoms with Crippen LogP contribution in [0.1, 0.15) is 18.5 Å². The SMILES string of the molecule is CC(c1ccc(-c2cccc(N)n2)cc1)N1CCOCC1. The van der Waals surface area contributed by atoms with Crippen LogP contribution < -0.4 is 5.73 Å². The van der Waals surface area contributed by atoms with Crippen molar-refractivity contribution >= 4 is 5.82 Å². The van der Waals surface area contributed by atoms with Crippen LogP contribution in [0.5, 0.6) is 0 Å². The van der Waals surface area contributed by atoms with Gasteiger partial charge in [0.05, 0.1) is 18.9 Å². The summed E-state index contributed by atoms with van der Waals surface area (Å²) < 4.78 is 5.41. The molecular weight excluding hydrogens is 262 g/mol. The van der Waals surface area contributed by atoms with Gasteiger partial charge in [-0.25, -0.2) is 4.98 Å². The number of nitrogens with zero attached hydrogens (tertiary/aromatic N) is 2. The minimum atomic E-state index is 0.414. The maximum Gasteiger partial charge on any atom is 0.124 e. The van der Waals surface area contributed by atoms with Gasteiger partial charge in [0.25, 0.3) is 0 Å². The van der Waals surface area contributed by atoms with Crippen molar-refractivity contribution < 1.29 is 4.74 Å². The number of hydrogen-bond donors (Lipinski definition) is 1. The van der Waals surface area contributed by atoms with Gasteiger partial charge in [-0.1, -0.05) is 30.3 Å². The zero-order valence-corrected chi connectivity index (χ0v) is 12.3. The highest BCUT2D eigenvalue weighted by molar-refractivity contribution is 5.61. The number of nitrogen functional groups attached to an aromatic ring is 1. The van der Waals surface area contributed by atoms with Crippen molar-refractivity contribution in [3.63, 3.8) is 0 Å². The summed E-state index contributed by atoms with van der Waals surface area (Å²) in [5, 5.41) is 0. The fourth-order valence-electron chi connectivity index (χ4n) is 2.72. The highest BCUT2D eigenvalue weighted by Gasteiger charge is 2.18. The number of benzene rings is 1. The van der Waals surface area contributed by atoms with Gasteiger partial charge in [0.15, 0.2) is 0 Å². The number of rotatable bonds is 3. The molecule has 1 fully saturated rings. The molecule has 1 saturated heterocycles. The Morgan fingerprint density at radius 3 is 2.48 bits per heavy atom. The number of aromatic nitrogens is 1. The first kappa shape index (κ1) is 14.0. The lowest BCUT2D eigenvalue weighted by atomic mass is 10.0. The Morgan fingerprint density at radius 2 is 1.81 bits per heavy atom. The smallest absolute Gasteiger partial charge is 0.124 e. The van der Waals surface area contributed by atoms with E-state index in [0.717, 1.165) is 37.6 Å². The van der Waals surface area contributed by atoms with Crippen molar-refractivity contribution in [2.75, 3.05) is 32.0 Å². The fourth-order valence-corrected chi connectivity index (χ4v) is 2.72. The number of pyridine rings is 1. The van der Waals surface area contributed by atoms with Crippen molar-refractivity contribution in [2.24, 2.45) is 0 Å². The molecule has 0 aliphatic carbocycles. The van der Waals surface area contributed by atoms with E-state index in [1.54, 1.807) is 6.07 Å². The first-order valence-electron chi connectivity index (χ1n) is 7.39. The summed E-state index contributed by atoms with van der Waals surface area (Å²) in [5.41, 5.74) is 9.08. The lowest BCUT2D eigenvalue weighted by Gasteiger charge is -2.32.